The van der Waals surface area contributed by atoms with E-state index < -0.39 is 15.1 Å². The van der Waals surface area contributed by atoms with E-state index in [1.54, 1.807) is 18.2 Å². The topological polar surface area (TPSA) is 152 Å². The van der Waals surface area contributed by atoms with Crippen molar-refractivity contribution in [1.29, 1.82) is 0 Å². The fourth-order valence-corrected chi connectivity index (χ4v) is 7.48. The molecule has 1 rings (SSSR count). The molecule has 0 radical (unpaired) electrons. The average Bonchev–Trinajstić information content (AvgIpc) is 3.29. The molecule has 0 aliphatic rings. The van der Waals surface area contributed by atoms with Crippen LogP contribution in [0.5, 0.6) is 5.75 Å². The van der Waals surface area contributed by atoms with Crippen molar-refractivity contribution in [3.05, 3.63) is 48.1 Å². The van der Waals surface area contributed by atoms with Crippen LogP contribution in [0.1, 0.15) is 217 Å². The van der Waals surface area contributed by atoms with Crippen molar-refractivity contribution >= 4 is 38.9 Å². The summed E-state index contributed by atoms with van der Waals surface area (Å²) in [5.41, 5.74) is 6.56. The molecular weight excluding hydrogens is 828 g/mol. The van der Waals surface area contributed by atoms with Crippen molar-refractivity contribution < 1.29 is 42.4 Å². The van der Waals surface area contributed by atoms with Crippen LogP contribution >= 0.6 is 9.03 Å². The Labute approximate surface area is 390 Å². The molecule has 0 bridgehead atoms. The largest absolute Gasteiger partial charge is 0.494 e. The van der Waals surface area contributed by atoms with Crippen molar-refractivity contribution in [3.63, 3.8) is 0 Å². The van der Waals surface area contributed by atoms with E-state index in [9.17, 15) is 19.2 Å². The number of rotatable bonds is 46. The lowest BCUT2D eigenvalue weighted by atomic mass is 10.1. The maximum absolute atomic E-state index is 12.6. The van der Waals surface area contributed by atoms with Gasteiger partial charge in [-0.25, -0.2) is 0 Å². The number of unbranched alkanes of at least 4 members (excludes halogenated alkanes) is 22. The number of benzene rings is 1. The summed E-state index contributed by atoms with van der Waals surface area (Å²) >= 11 is 0. The Hall–Kier alpha value is -3.27. The SMILES string of the molecule is CCCCCCCCC=CCCCCCCCC(=O)OCC(COC(=O)CCCCCCCC=CCCCCCCCC)OPOCCNC(=O)CCCOc1ccc(C=O)c(N)c1. The minimum absolute atomic E-state index is 0.0341. The van der Waals surface area contributed by atoms with Gasteiger partial charge in [-0.2, -0.15) is 0 Å². The lowest BCUT2D eigenvalue weighted by Gasteiger charge is -2.18. The first-order chi connectivity index (χ1) is 31.4. The fraction of sp³-hybridized carbons (Fsp3) is 0.731. The van der Waals surface area contributed by atoms with Crippen LogP contribution in [-0.4, -0.2) is 63.2 Å². The van der Waals surface area contributed by atoms with Gasteiger partial charge in [0.1, 0.15) is 25.1 Å². The lowest BCUT2D eigenvalue weighted by molar-refractivity contribution is -0.151. The molecule has 0 saturated carbocycles. The van der Waals surface area contributed by atoms with Gasteiger partial charge in [-0.3, -0.25) is 19.2 Å². The van der Waals surface area contributed by atoms with Crippen molar-refractivity contribution in [2.24, 2.45) is 0 Å². The molecule has 3 N–H and O–H groups in total. The molecule has 1 unspecified atom stereocenters. The maximum Gasteiger partial charge on any atom is 0.305 e. The van der Waals surface area contributed by atoms with Gasteiger partial charge < -0.3 is 34.3 Å². The summed E-state index contributed by atoms with van der Waals surface area (Å²) in [5.74, 6) is -0.176. The van der Waals surface area contributed by atoms with Crippen LogP contribution < -0.4 is 15.8 Å². The number of nitrogens with one attached hydrogen (secondary N) is 1. The third-order valence-corrected chi connectivity index (χ3v) is 11.7. The number of amides is 1. The van der Waals surface area contributed by atoms with Gasteiger partial charge in [0.25, 0.3) is 0 Å². The third kappa shape index (κ3) is 38.0. The van der Waals surface area contributed by atoms with E-state index in [-0.39, 0.29) is 44.1 Å². The highest BCUT2D eigenvalue weighted by Gasteiger charge is 2.16. The van der Waals surface area contributed by atoms with Crippen LogP contribution in [0.2, 0.25) is 0 Å². The van der Waals surface area contributed by atoms with Gasteiger partial charge in [0.2, 0.25) is 5.91 Å². The zero-order valence-corrected chi connectivity index (χ0v) is 41.2. The second-order valence-corrected chi connectivity index (χ2v) is 17.6. The predicted molar refractivity (Wildman–Crippen MR) is 264 cm³/mol. The van der Waals surface area contributed by atoms with E-state index in [0.717, 1.165) is 64.2 Å². The summed E-state index contributed by atoms with van der Waals surface area (Å²) in [6.45, 7) is 5.28. The normalized spacial score (nSPS) is 12.1. The number of carbonyl (C=O) groups excluding carboxylic acids is 4. The van der Waals surface area contributed by atoms with Crippen LogP contribution in [0.4, 0.5) is 5.69 Å². The molecule has 0 spiro atoms. The predicted octanol–water partition coefficient (Wildman–Crippen LogP) is 13.4. The number of aldehydes is 1. The molecule has 0 aliphatic heterocycles. The van der Waals surface area contributed by atoms with Crippen molar-refractivity contribution in [1.82, 2.24) is 5.32 Å². The second kappa shape index (κ2) is 44.9. The number of nitrogen functional groups attached to an aromatic ring is 1. The summed E-state index contributed by atoms with van der Waals surface area (Å²) < 4.78 is 28.1. The van der Waals surface area contributed by atoms with E-state index in [2.05, 4.69) is 43.5 Å². The van der Waals surface area contributed by atoms with Crippen LogP contribution in [0, 0.1) is 0 Å². The molecule has 1 amide bonds. The molecule has 0 saturated heterocycles. The zero-order chi connectivity index (χ0) is 46.4. The van der Waals surface area contributed by atoms with E-state index in [1.807, 2.05) is 0 Å². The van der Waals surface area contributed by atoms with Gasteiger partial charge in [-0.15, -0.1) is 0 Å². The summed E-state index contributed by atoms with van der Waals surface area (Å²) in [4.78, 5) is 48.4. The molecule has 0 heterocycles. The first-order valence-electron chi connectivity index (χ1n) is 25.3. The Morgan fingerprint density at radius 2 is 1.08 bits per heavy atom. The van der Waals surface area contributed by atoms with Crippen molar-refractivity contribution in [2.45, 2.75) is 213 Å². The van der Waals surface area contributed by atoms with Gasteiger partial charge >= 0.3 is 11.9 Å². The quantitative estimate of drug-likeness (QED) is 0.0161. The Bertz CT molecular complexity index is 1300. The summed E-state index contributed by atoms with van der Waals surface area (Å²) in [7, 11) is -0.392. The number of carbonyl (C=O) groups is 4. The molecule has 366 valence electrons. The van der Waals surface area contributed by atoms with Gasteiger partial charge in [0.15, 0.2) is 15.3 Å². The number of ether oxygens (including phenoxy) is 3. The minimum Gasteiger partial charge on any atom is -0.494 e. The van der Waals surface area contributed by atoms with Crippen LogP contribution in [0.3, 0.4) is 0 Å². The number of nitrogens with two attached hydrogens (primary N) is 1. The molecule has 1 aromatic carbocycles. The number of hydrogen-bond acceptors (Lipinski definition) is 10. The monoisotopic (exact) mass is 917 g/mol. The van der Waals surface area contributed by atoms with E-state index in [0.29, 0.717) is 55.7 Å². The Morgan fingerprint density at radius 1 is 0.609 bits per heavy atom. The second-order valence-electron chi connectivity index (χ2n) is 16.9. The van der Waals surface area contributed by atoms with Crippen LogP contribution in [0.15, 0.2) is 42.5 Å². The molecule has 11 nitrogen and oxygen atoms in total. The van der Waals surface area contributed by atoms with Gasteiger partial charge in [-0.1, -0.05) is 141 Å². The highest BCUT2D eigenvalue weighted by Crippen LogP contribution is 2.20. The summed E-state index contributed by atoms with van der Waals surface area (Å²) in [6, 6.07) is 4.85. The molecule has 1 atom stereocenters. The van der Waals surface area contributed by atoms with Gasteiger partial charge in [0.05, 0.1) is 13.2 Å². The summed E-state index contributed by atoms with van der Waals surface area (Å²) in [6.07, 6.45) is 41.8. The highest BCUT2D eigenvalue weighted by atomic mass is 31.1. The standard InChI is InChI=1S/C52H89N2O9P/c1-3-5-7-9-11-13-15-17-19-21-23-25-27-29-31-35-51(57)60-44-48(45-61-52(58)36-32-30-28-26-24-22-20-18-16-14-12-10-8-6-4-2)63-64-62-41-39-54-50(56)34-33-40-59-47-38-37-46(43-55)49(53)42-47/h17-20,37-38,42-43,48,64H,3-16,21-36,39-41,44-45,53H2,1-2H3,(H,54,56). The van der Waals surface area contributed by atoms with E-state index >= 15 is 0 Å². The van der Waals surface area contributed by atoms with Crippen LogP contribution in [-0.2, 0) is 32.9 Å². The summed E-state index contributed by atoms with van der Waals surface area (Å²) in [5, 5.41) is 2.81. The lowest BCUT2D eigenvalue weighted by Crippen LogP contribution is -2.28. The smallest absolute Gasteiger partial charge is 0.305 e. The maximum atomic E-state index is 12.6. The van der Waals surface area contributed by atoms with E-state index in [1.165, 1.54) is 103 Å². The fourth-order valence-electron chi connectivity index (χ4n) is 6.96. The molecule has 12 heteroatoms. The Balaban J connectivity index is 2.30. The molecule has 0 aromatic heterocycles. The molecule has 0 aliphatic carbocycles. The first kappa shape index (κ1) is 58.7. The molecule has 1 aromatic rings. The van der Waals surface area contributed by atoms with Gasteiger partial charge in [0, 0.05) is 43.1 Å². The Morgan fingerprint density at radius 3 is 1.55 bits per heavy atom. The number of allylic oxidation sites excluding steroid dienone is 4. The van der Waals surface area contributed by atoms with Gasteiger partial charge in [-0.05, 0) is 82.8 Å². The minimum atomic E-state index is -0.658. The number of esters is 2. The first-order valence-corrected chi connectivity index (χ1v) is 26.1. The third-order valence-electron chi connectivity index (χ3n) is 10.9. The van der Waals surface area contributed by atoms with Crippen LogP contribution in [0.25, 0.3) is 0 Å². The average molecular weight is 917 g/mol. The van der Waals surface area contributed by atoms with E-state index in [4.69, 9.17) is 29.0 Å². The number of hydrogen-bond donors (Lipinski definition) is 2. The molecule has 64 heavy (non-hydrogen) atoms. The van der Waals surface area contributed by atoms with Crippen molar-refractivity contribution in [3.8, 4) is 5.75 Å². The highest BCUT2D eigenvalue weighted by molar-refractivity contribution is 7.26. The number of anilines is 1. The molecular formula is C52H89N2O9P. The zero-order valence-electron chi connectivity index (χ0n) is 40.2. The molecule has 0 fully saturated rings. The Kier molecular flexibility index (Phi) is 41.2. The van der Waals surface area contributed by atoms with Crippen molar-refractivity contribution in [2.75, 3.05) is 38.7 Å².